The van der Waals surface area contributed by atoms with Crippen molar-refractivity contribution in [2.24, 2.45) is 5.92 Å². The maximum absolute atomic E-state index is 11.8. The van der Waals surface area contributed by atoms with Crippen LogP contribution in [0.2, 0.25) is 0 Å². The van der Waals surface area contributed by atoms with Crippen molar-refractivity contribution in [2.45, 2.75) is 27.2 Å². The Bertz CT molecular complexity index is 393. The minimum atomic E-state index is -0.229. The molecule has 0 atom stereocenters. The molecule has 1 aromatic heterocycles. The maximum Gasteiger partial charge on any atom is 0.271 e. The zero-order valence-electron chi connectivity index (χ0n) is 12.5. The summed E-state index contributed by atoms with van der Waals surface area (Å²) < 4.78 is 5.42. The third kappa shape index (κ3) is 6.47. The average Bonchev–Trinajstić information content (AvgIpc) is 2.43. The summed E-state index contributed by atoms with van der Waals surface area (Å²) in [6.07, 6.45) is 4.05. The van der Waals surface area contributed by atoms with Crippen molar-refractivity contribution >= 4 is 11.7 Å². The van der Waals surface area contributed by atoms with Crippen LogP contribution >= 0.6 is 0 Å². The van der Waals surface area contributed by atoms with E-state index in [1.165, 1.54) is 6.20 Å². The van der Waals surface area contributed by atoms with E-state index in [0.717, 1.165) is 19.6 Å². The first-order chi connectivity index (χ1) is 9.63. The van der Waals surface area contributed by atoms with E-state index < -0.39 is 0 Å². The lowest BCUT2D eigenvalue weighted by atomic mass is 10.1. The Labute approximate surface area is 120 Å². The fourth-order valence-corrected chi connectivity index (χ4v) is 1.47. The molecular weight excluding hydrogens is 256 g/mol. The normalized spacial score (nSPS) is 10.6. The lowest BCUT2D eigenvalue weighted by Crippen LogP contribution is -2.28. The Morgan fingerprint density at radius 3 is 2.70 bits per heavy atom. The van der Waals surface area contributed by atoms with Gasteiger partial charge in [-0.2, -0.15) is 0 Å². The van der Waals surface area contributed by atoms with Crippen molar-refractivity contribution in [3.8, 4) is 0 Å². The average molecular weight is 280 g/mol. The molecule has 0 fully saturated rings. The van der Waals surface area contributed by atoms with Crippen LogP contribution in [0.1, 0.15) is 37.7 Å². The molecule has 0 aliphatic carbocycles. The first kappa shape index (κ1) is 16.4. The van der Waals surface area contributed by atoms with Crippen LogP contribution in [0.15, 0.2) is 12.4 Å². The molecule has 0 radical (unpaired) electrons. The molecule has 6 heteroatoms. The highest BCUT2D eigenvalue weighted by Gasteiger charge is 2.06. The molecule has 0 bridgehead atoms. The first-order valence-corrected chi connectivity index (χ1v) is 7.05. The SMILES string of the molecule is CCNc1cnc(C(=O)NCCOCCC(C)C)cn1. The molecule has 112 valence electrons. The van der Waals surface area contributed by atoms with Crippen molar-refractivity contribution < 1.29 is 9.53 Å². The molecule has 1 heterocycles. The van der Waals surface area contributed by atoms with Crippen LogP contribution in [0.25, 0.3) is 0 Å². The molecule has 20 heavy (non-hydrogen) atoms. The molecule has 0 unspecified atom stereocenters. The lowest BCUT2D eigenvalue weighted by molar-refractivity contribution is 0.0901. The standard InChI is InChI=1S/C14H24N4O2/c1-4-15-13-10-17-12(9-18-13)14(19)16-6-8-20-7-5-11(2)3/h9-11H,4-8H2,1-3H3,(H,15,18)(H,16,19). The number of nitrogens with one attached hydrogen (secondary N) is 2. The van der Waals surface area contributed by atoms with Gasteiger partial charge in [-0.1, -0.05) is 13.8 Å². The fraction of sp³-hybridized carbons (Fsp3) is 0.643. The van der Waals surface area contributed by atoms with Crippen LogP contribution in [0.3, 0.4) is 0 Å². The molecule has 2 N–H and O–H groups in total. The first-order valence-electron chi connectivity index (χ1n) is 7.05. The van der Waals surface area contributed by atoms with Crippen LogP contribution in [-0.4, -0.2) is 42.2 Å². The van der Waals surface area contributed by atoms with Crippen LogP contribution in [-0.2, 0) is 4.74 Å². The van der Waals surface area contributed by atoms with Gasteiger partial charge in [0.25, 0.3) is 5.91 Å². The van der Waals surface area contributed by atoms with Gasteiger partial charge in [-0.05, 0) is 19.3 Å². The van der Waals surface area contributed by atoms with Crippen molar-refractivity contribution in [2.75, 3.05) is 31.6 Å². The van der Waals surface area contributed by atoms with E-state index in [4.69, 9.17) is 4.74 Å². The Balaban J connectivity index is 2.22. The van der Waals surface area contributed by atoms with Crippen molar-refractivity contribution in [3.05, 3.63) is 18.1 Å². The zero-order chi connectivity index (χ0) is 14.8. The Hall–Kier alpha value is -1.69. The number of nitrogens with zero attached hydrogens (tertiary/aromatic N) is 2. The predicted molar refractivity (Wildman–Crippen MR) is 78.8 cm³/mol. The van der Waals surface area contributed by atoms with Gasteiger partial charge in [0.15, 0.2) is 0 Å². The van der Waals surface area contributed by atoms with Gasteiger partial charge in [-0.3, -0.25) is 4.79 Å². The second kappa shape index (κ2) is 9.25. The number of ether oxygens (including phenoxy) is 1. The highest BCUT2D eigenvalue weighted by Crippen LogP contribution is 2.00. The molecule has 0 saturated heterocycles. The molecule has 0 aliphatic heterocycles. The van der Waals surface area contributed by atoms with Gasteiger partial charge in [0.05, 0.1) is 19.0 Å². The van der Waals surface area contributed by atoms with Gasteiger partial charge in [-0.15, -0.1) is 0 Å². The number of hydrogen-bond acceptors (Lipinski definition) is 5. The van der Waals surface area contributed by atoms with Crippen LogP contribution < -0.4 is 10.6 Å². The Morgan fingerprint density at radius 2 is 2.10 bits per heavy atom. The van der Waals surface area contributed by atoms with Gasteiger partial charge >= 0.3 is 0 Å². The third-order valence-corrected chi connectivity index (χ3v) is 2.61. The number of carbonyl (C=O) groups is 1. The summed E-state index contributed by atoms with van der Waals surface area (Å²) in [6, 6.07) is 0. The maximum atomic E-state index is 11.8. The minimum Gasteiger partial charge on any atom is -0.380 e. The quantitative estimate of drug-likeness (QED) is 0.673. The molecule has 0 aliphatic rings. The van der Waals surface area contributed by atoms with E-state index in [-0.39, 0.29) is 5.91 Å². The molecule has 1 rings (SSSR count). The number of aromatic nitrogens is 2. The summed E-state index contributed by atoms with van der Waals surface area (Å²) in [5, 5.41) is 5.78. The second-order valence-corrected chi connectivity index (χ2v) is 4.87. The van der Waals surface area contributed by atoms with E-state index in [0.29, 0.717) is 30.6 Å². The van der Waals surface area contributed by atoms with Crippen LogP contribution in [0.5, 0.6) is 0 Å². The van der Waals surface area contributed by atoms with Gasteiger partial charge < -0.3 is 15.4 Å². The van der Waals surface area contributed by atoms with Gasteiger partial charge in [0.2, 0.25) is 0 Å². The number of hydrogen-bond donors (Lipinski definition) is 2. The molecule has 0 aromatic carbocycles. The molecule has 1 aromatic rings. The molecule has 1 amide bonds. The number of amides is 1. The van der Waals surface area contributed by atoms with Gasteiger partial charge in [0.1, 0.15) is 11.5 Å². The summed E-state index contributed by atoms with van der Waals surface area (Å²) in [5.41, 5.74) is 0.314. The molecule has 0 spiro atoms. The Morgan fingerprint density at radius 1 is 1.30 bits per heavy atom. The number of carbonyl (C=O) groups excluding carboxylic acids is 1. The summed E-state index contributed by atoms with van der Waals surface area (Å²) in [5.74, 6) is 1.07. The van der Waals surface area contributed by atoms with Gasteiger partial charge in [-0.25, -0.2) is 9.97 Å². The lowest BCUT2D eigenvalue weighted by Gasteiger charge is -2.07. The molecule has 6 nitrogen and oxygen atoms in total. The smallest absolute Gasteiger partial charge is 0.271 e. The monoisotopic (exact) mass is 280 g/mol. The van der Waals surface area contributed by atoms with E-state index in [9.17, 15) is 4.79 Å². The van der Waals surface area contributed by atoms with Crippen molar-refractivity contribution in [3.63, 3.8) is 0 Å². The van der Waals surface area contributed by atoms with Crippen LogP contribution in [0.4, 0.5) is 5.82 Å². The molecular formula is C14H24N4O2. The van der Waals surface area contributed by atoms with Crippen LogP contribution in [0, 0.1) is 5.92 Å². The Kier molecular flexibility index (Phi) is 7.57. The van der Waals surface area contributed by atoms with Gasteiger partial charge in [0, 0.05) is 19.7 Å². The van der Waals surface area contributed by atoms with E-state index in [2.05, 4.69) is 34.4 Å². The second-order valence-electron chi connectivity index (χ2n) is 4.87. The highest BCUT2D eigenvalue weighted by atomic mass is 16.5. The molecule has 0 saturated carbocycles. The van der Waals surface area contributed by atoms with Crippen molar-refractivity contribution in [1.29, 1.82) is 0 Å². The highest BCUT2D eigenvalue weighted by molar-refractivity contribution is 5.91. The summed E-state index contributed by atoms with van der Waals surface area (Å²) in [4.78, 5) is 19.9. The minimum absolute atomic E-state index is 0.229. The number of anilines is 1. The predicted octanol–water partition coefficient (Wildman–Crippen LogP) is 1.70. The number of rotatable bonds is 9. The van der Waals surface area contributed by atoms with E-state index in [1.807, 2.05) is 6.92 Å². The summed E-state index contributed by atoms with van der Waals surface area (Å²) in [6.45, 7) is 8.77. The van der Waals surface area contributed by atoms with E-state index in [1.54, 1.807) is 6.20 Å². The third-order valence-electron chi connectivity index (χ3n) is 2.61. The summed E-state index contributed by atoms with van der Waals surface area (Å²) in [7, 11) is 0. The zero-order valence-corrected chi connectivity index (χ0v) is 12.5. The summed E-state index contributed by atoms with van der Waals surface area (Å²) >= 11 is 0. The largest absolute Gasteiger partial charge is 0.380 e. The fourth-order valence-electron chi connectivity index (χ4n) is 1.47. The topological polar surface area (TPSA) is 76.1 Å². The van der Waals surface area contributed by atoms with Crippen molar-refractivity contribution in [1.82, 2.24) is 15.3 Å². The van der Waals surface area contributed by atoms with E-state index >= 15 is 0 Å².